The number of nitrogens with one attached hydrogen (secondary N) is 1. The lowest BCUT2D eigenvalue weighted by molar-refractivity contribution is -0.117. The number of aromatic nitrogens is 1. The Morgan fingerprint density at radius 2 is 1.97 bits per heavy atom. The second-order valence-electron chi connectivity index (χ2n) is 10.8. The first-order chi connectivity index (χ1) is 15.0. The lowest BCUT2D eigenvalue weighted by Gasteiger charge is -2.44. The van der Waals surface area contributed by atoms with E-state index >= 15 is 0 Å². The topological polar surface area (TPSA) is 65.5 Å². The number of nitrogens with zero attached hydrogens (tertiary/aromatic N) is 2. The number of aliphatic hydroxyl groups is 1. The van der Waals surface area contributed by atoms with Crippen molar-refractivity contribution in [3.63, 3.8) is 0 Å². The summed E-state index contributed by atoms with van der Waals surface area (Å²) in [4.78, 5) is 19.9. The van der Waals surface area contributed by atoms with Crippen LogP contribution in [0, 0.1) is 5.92 Å². The number of rotatable bonds is 6. The Bertz CT molecular complexity index is 986. The average molecular weight is 492 g/mol. The third-order valence-electron chi connectivity index (χ3n) is 7.76. The van der Waals surface area contributed by atoms with E-state index in [0.717, 1.165) is 36.2 Å². The smallest absolute Gasteiger partial charge is 0.229 e. The molecule has 32 heavy (non-hydrogen) atoms. The van der Waals surface area contributed by atoms with Crippen molar-refractivity contribution in [2.75, 3.05) is 11.9 Å². The zero-order chi connectivity index (χ0) is 23.3. The minimum absolute atomic E-state index is 0.0550. The first-order valence-electron chi connectivity index (χ1n) is 11.5. The monoisotopic (exact) mass is 491 g/mol. The van der Waals surface area contributed by atoms with Crippen molar-refractivity contribution in [3.8, 4) is 0 Å². The number of aliphatic hydroxyl groups excluding tert-OH is 1. The van der Waals surface area contributed by atoms with Gasteiger partial charge in [-0.05, 0) is 41.5 Å². The first kappa shape index (κ1) is 23.9. The molecule has 4 rings (SSSR count). The molecule has 2 heterocycles. The van der Waals surface area contributed by atoms with Gasteiger partial charge in [0.1, 0.15) is 6.23 Å². The predicted octanol–water partition coefficient (Wildman–Crippen LogP) is 6.14. The molecule has 1 amide bonds. The average Bonchev–Trinajstić information content (AvgIpc) is 3.36. The molecule has 2 N–H and O–H groups in total. The van der Waals surface area contributed by atoms with Crippen LogP contribution >= 0.6 is 22.9 Å². The third-order valence-corrected chi connectivity index (χ3v) is 15.4. The van der Waals surface area contributed by atoms with Crippen molar-refractivity contribution in [1.82, 2.24) is 9.88 Å². The van der Waals surface area contributed by atoms with Crippen LogP contribution in [-0.4, -0.2) is 41.7 Å². The van der Waals surface area contributed by atoms with Gasteiger partial charge in [0.05, 0.1) is 14.1 Å². The van der Waals surface area contributed by atoms with Crippen molar-refractivity contribution in [2.45, 2.75) is 76.0 Å². The Kier molecular flexibility index (Phi) is 6.60. The van der Waals surface area contributed by atoms with Gasteiger partial charge in [0, 0.05) is 28.6 Å². The number of thiazole rings is 1. The largest absolute Gasteiger partial charge is 0.378 e. The van der Waals surface area contributed by atoms with Crippen LogP contribution in [0.5, 0.6) is 0 Å². The summed E-state index contributed by atoms with van der Waals surface area (Å²) in [7, 11) is -1.75. The van der Waals surface area contributed by atoms with Crippen LogP contribution in [0.2, 0.25) is 28.7 Å². The van der Waals surface area contributed by atoms with E-state index in [1.54, 1.807) is 0 Å². The number of amides is 1. The molecule has 2 aliphatic rings. The SMILES string of the molecule is CC(C)(C)[Si](C)(C)[C@@H]1CCN(C(c2cnc(NC(=O)C3CC3)s2)c2ccccc2Cl)[C@@H]1O. The van der Waals surface area contributed by atoms with Crippen molar-refractivity contribution < 1.29 is 9.90 Å². The van der Waals surface area contributed by atoms with E-state index in [4.69, 9.17) is 11.6 Å². The van der Waals surface area contributed by atoms with Crippen molar-refractivity contribution in [2.24, 2.45) is 5.92 Å². The third kappa shape index (κ3) is 4.55. The highest BCUT2D eigenvalue weighted by atomic mass is 35.5. The molecule has 1 aliphatic heterocycles. The van der Waals surface area contributed by atoms with Gasteiger partial charge in [0.2, 0.25) is 5.91 Å². The summed E-state index contributed by atoms with van der Waals surface area (Å²) in [5.74, 6) is 0.187. The Hall–Kier alpha value is -1.25. The number of anilines is 1. The second-order valence-corrected chi connectivity index (χ2v) is 17.9. The number of carbonyl (C=O) groups is 1. The predicted molar refractivity (Wildman–Crippen MR) is 135 cm³/mol. The highest BCUT2D eigenvalue weighted by Crippen LogP contribution is 2.52. The summed E-state index contributed by atoms with van der Waals surface area (Å²) < 4.78 is 0. The molecule has 0 radical (unpaired) electrons. The summed E-state index contributed by atoms with van der Waals surface area (Å²) in [5.41, 5.74) is 1.24. The van der Waals surface area contributed by atoms with Crippen LogP contribution in [0.25, 0.3) is 0 Å². The van der Waals surface area contributed by atoms with Crippen LogP contribution in [0.15, 0.2) is 30.5 Å². The minimum Gasteiger partial charge on any atom is -0.378 e. The minimum atomic E-state index is -1.75. The molecule has 1 saturated heterocycles. The van der Waals surface area contributed by atoms with Crippen LogP contribution in [-0.2, 0) is 4.79 Å². The summed E-state index contributed by atoms with van der Waals surface area (Å²) >= 11 is 8.13. The maximum atomic E-state index is 12.2. The molecule has 1 unspecified atom stereocenters. The van der Waals surface area contributed by atoms with Crippen molar-refractivity contribution in [3.05, 3.63) is 45.9 Å². The molecule has 1 aromatic heterocycles. The van der Waals surface area contributed by atoms with Crippen molar-refractivity contribution in [1.29, 1.82) is 0 Å². The standard InChI is InChI=1S/C24H34ClN3O2SSi/c1-24(2,3)32(4,5)19-12-13-28(22(19)30)20(16-8-6-7-9-17(16)25)18-14-26-23(31-18)27-21(29)15-10-11-15/h6-9,14-15,19-20,22,30H,10-13H2,1-5H3,(H,26,27,29)/t19-,20?,22-/m1/s1. The Labute approximate surface area is 201 Å². The van der Waals surface area contributed by atoms with E-state index in [9.17, 15) is 9.90 Å². The van der Waals surface area contributed by atoms with Gasteiger partial charge < -0.3 is 10.4 Å². The molecular weight excluding hydrogens is 458 g/mol. The number of likely N-dealkylation sites (tertiary alicyclic amines) is 1. The quantitative estimate of drug-likeness (QED) is 0.476. The molecular formula is C24H34ClN3O2SSi. The van der Waals surface area contributed by atoms with Gasteiger partial charge in [0.25, 0.3) is 0 Å². The fraction of sp³-hybridized carbons (Fsp3) is 0.583. The molecule has 3 atom stereocenters. The van der Waals surface area contributed by atoms with E-state index in [2.05, 4.69) is 49.1 Å². The molecule has 0 bridgehead atoms. The van der Waals surface area contributed by atoms with E-state index < -0.39 is 14.3 Å². The molecule has 1 saturated carbocycles. The zero-order valence-electron chi connectivity index (χ0n) is 19.6. The molecule has 5 nitrogen and oxygen atoms in total. The van der Waals surface area contributed by atoms with Gasteiger partial charge >= 0.3 is 0 Å². The molecule has 1 aliphatic carbocycles. The zero-order valence-corrected chi connectivity index (χ0v) is 22.1. The van der Waals surface area contributed by atoms with E-state index in [1.165, 1.54) is 11.3 Å². The Morgan fingerprint density at radius 3 is 2.59 bits per heavy atom. The van der Waals surface area contributed by atoms with E-state index in [1.807, 2.05) is 30.5 Å². The number of carbonyl (C=O) groups excluding carboxylic acids is 1. The van der Waals surface area contributed by atoms with Gasteiger partial charge in [-0.15, -0.1) is 0 Å². The molecule has 2 aromatic rings. The maximum absolute atomic E-state index is 12.2. The normalized spacial score (nSPS) is 23.3. The number of hydrogen-bond donors (Lipinski definition) is 2. The van der Waals surface area contributed by atoms with Gasteiger partial charge in [-0.2, -0.15) is 0 Å². The second kappa shape index (κ2) is 8.84. The lowest BCUT2D eigenvalue weighted by atomic mass is 10.0. The van der Waals surface area contributed by atoms with Crippen LogP contribution in [0.4, 0.5) is 5.13 Å². The van der Waals surface area contributed by atoms with Gasteiger partial charge in [-0.3, -0.25) is 9.69 Å². The number of hydrogen-bond acceptors (Lipinski definition) is 5. The highest BCUT2D eigenvalue weighted by molar-refractivity contribution is 7.15. The van der Waals surface area contributed by atoms with Crippen LogP contribution in [0.1, 0.15) is 56.5 Å². The molecule has 2 fully saturated rings. The fourth-order valence-corrected chi connectivity index (χ4v) is 8.69. The Balaban J connectivity index is 1.66. The van der Waals surface area contributed by atoms with Crippen molar-refractivity contribution >= 4 is 42.1 Å². The van der Waals surface area contributed by atoms with Crippen LogP contribution < -0.4 is 5.32 Å². The Morgan fingerprint density at radius 1 is 1.28 bits per heavy atom. The number of benzene rings is 1. The summed E-state index contributed by atoms with van der Waals surface area (Å²) in [6.07, 6.45) is 4.18. The van der Waals surface area contributed by atoms with E-state index in [-0.39, 0.29) is 28.4 Å². The lowest BCUT2D eigenvalue weighted by Crippen LogP contribution is -2.48. The van der Waals surface area contributed by atoms with Crippen LogP contribution in [0.3, 0.4) is 0 Å². The summed E-state index contributed by atoms with van der Waals surface area (Å²) in [6, 6.07) is 7.64. The maximum Gasteiger partial charge on any atom is 0.229 e. The van der Waals surface area contributed by atoms with Gasteiger partial charge in [-0.1, -0.05) is 75.0 Å². The van der Waals surface area contributed by atoms with E-state index in [0.29, 0.717) is 10.2 Å². The first-order valence-corrected chi connectivity index (χ1v) is 15.7. The molecule has 1 aromatic carbocycles. The van der Waals surface area contributed by atoms with Gasteiger partial charge in [-0.25, -0.2) is 4.98 Å². The highest BCUT2D eigenvalue weighted by Gasteiger charge is 2.51. The summed E-state index contributed by atoms with van der Waals surface area (Å²) in [5, 5.41) is 16.0. The number of halogens is 1. The molecule has 8 heteroatoms. The summed E-state index contributed by atoms with van der Waals surface area (Å²) in [6.45, 7) is 12.5. The van der Waals surface area contributed by atoms with Gasteiger partial charge in [0.15, 0.2) is 5.13 Å². The molecule has 0 spiro atoms. The molecule has 174 valence electrons. The fourth-order valence-electron chi connectivity index (χ4n) is 4.59.